The van der Waals surface area contributed by atoms with Crippen LogP contribution in [0.5, 0.6) is 0 Å². The number of aromatic nitrogens is 1. The second-order valence-corrected chi connectivity index (χ2v) is 2.83. The summed E-state index contributed by atoms with van der Waals surface area (Å²) in [5.41, 5.74) is 0.971. The average Bonchev–Trinajstić information content (AvgIpc) is 2.06. The first-order chi connectivity index (χ1) is 5.38. The summed E-state index contributed by atoms with van der Waals surface area (Å²) in [4.78, 5) is 5.14. The van der Waals surface area contributed by atoms with Crippen molar-refractivity contribution < 1.29 is 20.1 Å². The molecule has 12 heavy (non-hydrogen) atoms. The number of rotatable bonds is 0. The molecule has 2 aromatic rings. The molecule has 3 heteroatoms. The van der Waals surface area contributed by atoms with Crippen molar-refractivity contribution in [1.82, 2.24) is 4.98 Å². The fraction of sp³-hybridized carbons (Fsp3) is 0. The van der Waals surface area contributed by atoms with Crippen molar-refractivity contribution in [3.63, 3.8) is 0 Å². The van der Waals surface area contributed by atoms with Crippen molar-refractivity contribution in [2.75, 3.05) is 0 Å². The molecular weight excluding hydrogens is 253 g/mol. The molecule has 1 nitrogen and oxygen atoms in total. The summed E-state index contributed by atoms with van der Waals surface area (Å²) in [5.74, 6) is 0. The van der Waals surface area contributed by atoms with E-state index in [2.05, 4.69) is 17.6 Å². The number of para-hydroxylation sites is 1. The SMILES string of the molecule is Sc1cccc2cccnc12.[99Tc]. The first-order valence-electron chi connectivity index (χ1n) is 3.40. The van der Waals surface area contributed by atoms with Crippen molar-refractivity contribution in [3.8, 4) is 0 Å². The van der Waals surface area contributed by atoms with E-state index in [1.807, 2.05) is 30.3 Å². The third-order valence-corrected chi connectivity index (χ3v) is 1.97. The van der Waals surface area contributed by atoms with Gasteiger partial charge in [0.2, 0.25) is 0 Å². The van der Waals surface area contributed by atoms with E-state index in [-0.39, 0.29) is 20.1 Å². The number of pyridine rings is 1. The fourth-order valence-corrected chi connectivity index (χ4v) is 1.36. The van der Waals surface area contributed by atoms with Crippen LogP contribution in [0, 0.1) is 0 Å². The number of hydrogen-bond donors (Lipinski definition) is 1. The number of fused-ring (bicyclic) bond motifs is 1. The van der Waals surface area contributed by atoms with Gasteiger partial charge in [0.1, 0.15) is 0 Å². The van der Waals surface area contributed by atoms with Gasteiger partial charge in [-0.2, -0.15) is 0 Å². The maximum atomic E-state index is 4.29. The maximum absolute atomic E-state index is 4.29. The summed E-state index contributed by atoms with van der Waals surface area (Å²) in [6, 6.07) is 9.91. The predicted molar refractivity (Wildman–Crippen MR) is 49.0 cm³/mol. The molecule has 0 atom stereocenters. The van der Waals surface area contributed by atoms with Crippen molar-refractivity contribution in [2.24, 2.45) is 0 Å². The van der Waals surface area contributed by atoms with Crippen LogP contribution in [0.4, 0.5) is 0 Å². The Balaban J connectivity index is 0.000000720. The van der Waals surface area contributed by atoms with Crippen LogP contribution in [-0.4, -0.2) is 4.98 Å². The van der Waals surface area contributed by atoms with Crippen LogP contribution in [0.15, 0.2) is 41.4 Å². The molecule has 0 saturated heterocycles. The molecule has 0 unspecified atom stereocenters. The molecule has 1 heterocycles. The van der Waals surface area contributed by atoms with Crippen molar-refractivity contribution >= 4 is 23.5 Å². The Morgan fingerprint density at radius 3 is 2.58 bits per heavy atom. The summed E-state index contributed by atoms with van der Waals surface area (Å²) in [6.45, 7) is 0. The Labute approximate surface area is 90.0 Å². The summed E-state index contributed by atoms with van der Waals surface area (Å²) in [6.07, 6.45) is 1.78. The molecule has 0 fully saturated rings. The van der Waals surface area contributed by atoms with Crippen LogP contribution < -0.4 is 0 Å². The van der Waals surface area contributed by atoms with E-state index < -0.39 is 0 Å². The van der Waals surface area contributed by atoms with E-state index in [4.69, 9.17) is 0 Å². The van der Waals surface area contributed by atoms with Crippen LogP contribution in [0.2, 0.25) is 0 Å². The molecule has 0 bridgehead atoms. The van der Waals surface area contributed by atoms with Gasteiger partial charge in [0.05, 0.1) is 5.52 Å². The Hall–Kier alpha value is -0.371. The molecular formula is C9H7NSTc. The van der Waals surface area contributed by atoms with Crippen LogP contribution in [0.25, 0.3) is 10.9 Å². The molecule has 0 aliphatic rings. The molecule has 2 rings (SSSR count). The maximum Gasteiger partial charge on any atom is 0.0835 e. The fourth-order valence-electron chi connectivity index (χ4n) is 1.09. The monoisotopic (exact) mass is 260 g/mol. The van der Waals surface area contributed by atoms with E-state index in [9.17, 15) is 0 Å². The van der Waals surface area contributed by atoms with E-state index in [0.29, 0.717) is 0 Å². The van der Waals surface area contributed by atoms with Gasteiger partial charge in [-0.1, -0.05) is 18.2 Å². The first-order valence-corrected chi connectivity index (χ1v) is 3.85. The Bertz CT molecular complexity index is 384. The number of thiol groups is 1. The minimum Gasteiger partial charge on any atom is -0.255 e. The smallest absolute Gasteiger partial charge is 0.0835 e. The van der Waals surface area contributed by atoms with Gasteiger partial charge in [-0.25, -0.2) is 0 Å². The number of benzene rings is 1. The van der Waals surface area contributed by atoms with Crippen LogP contribution >= 0.6 is 12.6 Å². The van der Waals surface area contributed by atoms with E-state index in [1.165, 1.54) is 0 Å². The molecule has 61 valence electrons. The summed E-state index contributed by atoms with van der Waals surface area (Å²) >= 11 is 4.29. The standard InChI is InChI=1S/C9H7NS.Tc/c11-8-5-1-3-7-4-2-6-10-9(7)8;/h1-6,11H;/i;1+1. The molecule has 1 aromatic carbocycles. The molecule has 0 aliphatic carbocycles. The molecule has 0 spiro atoms. The molecule has 0 amide bonds. The predicted octanol–water partition coefficient (Wildman–Crippen LogP) is 2.52. The normalized spacial score (nSPS) is 9.42. The third kappa shape index (κ3) is 1.68. The quantitative estimate of drug-likeness (QED) is 0.718. The van der Waals surface area contributed by atoms with Crippen LogP contribution in [0.3, 0.4) is 0 Å². The van der Waals surface area contributed by atoms with Gasteiger partial charge in [0.25, 0.3) is 0 Å². The second kappa shape index (κ2) is 4.03. The molecule has 0 N–H and O–H groups in total. The zero-order valence-corrected chi connectivity index (χ0v) is 8.99. The first kappa shape index (κ1) is 9.72. The number of hydrogen-bond acceptors (Lipinski definition) is 2. The second-order valence-electron chi connectivity index (χ2n) is 2.35. The Morgan fingerprint density at radius 1 is 1.08 bits per heavy atom. The minimum absolute atomic E-state index is 0. The Kier molecular flexibility index (Phi) is 3.27. The molecule has 1 aromatic heterocycles. The van der Waals surface area contributed by atoms with Crippen LogP contribution in [-0.2, 0) is 20.1 Å². The van der Waals surface area contributed by atoms with E-state index >= 15 is 0 Å². The zero-order chi connectivity index (χ0) is 7.68. The van der Waals surface area contributed by atoms with Gasteiger partial charge < -0.3 is 0 Å². The summed E-state index contributed by atoms with van der Waals surface area (Å²) in [7, 11) is 0. The number of nitrogens with zero attached hydrogens (tertiary/aromatic N) is 1. The van der Waals surface area contributed by atoms with E-state index in [1.54, 1.807) is 6.20 Å². The average molecular weight is 260 g/mol. The van der Waals surface area contributed by atoms with Gasteiger partial charge in [-0.15, -0.1) is 12.6 Å². The van der Waals surface area contributed by atoms with Gasteiger partial charge in [0, 0.05) is 36.6 Å². The Morgan fingerprint density at radius 2 is 1.83 bits per heavy atom. The molecule has 1 radical (unpaired) electrons. The summed E-state index contributed by atoms with van der Waals surface area (Å²) in [5, 5.41) is 1.14. The van der Waals surface area contributed by atoms with Gasteiger partial charge in [0.15, 0.2) is 0 Å². The third-order valence-electron chi connectivity index (χ3n) is 1.61. The molecule has 0 aliphatic heterocycles. The van der Waals surface area contributed by atoms with Crippen molar-refractivity contribution in [2.45, 2.75) is 4.90 Å². The summed E-state index contributed by atoms with van der Waals surface area (Å²) < 4.78 is 0. The largest absolute Gasteiger partial charge is 0.255 e. The van der Waals surface area contributed by atoms with Crippen LogP contribution in [0.1, 0.15) is 0 Å². The van der Waals surface area contributed by atoms with Crippen molar-refractivity contribution in [1.29, 1.82) is 0 Å². The zero-order valence-electron chi connectivity index (χ0n) is 6.24. The van der Waals surface area contributed by atoms with Crippen molar-refractivity contribution in [3.05, 3.63) is 36.5 Å². The van der Waals surface area contributed by atoms with E-state index in [0.717, 1.165) is 15.8 Å². The van der Waals surface area contributed by atoms with Gasteiger partial charge in [-0.3, -0.25) is 4.98 Å². The minimum atomic E-state index is 0. The molecule has 0 saturated carbocycles. The van der Waals surface area contributed by atoms with Gasteiger partial charge >= 0.3 is 0 Å². The van der Waals surface area contributed by atoms with Gasteiger partial charge in [-0.05, 0) is 12.1 Å². The topological polar surface area (TPSA) is 12.9 Å².